The first-order valence-corrected chi connectivity index (χ1v) is 8.04. The second-order valence-corrected chi connectivity index (χ2v) is 7.05. The highest BCUT2D eigenvalue weighted by atomic mass is 32.1. The average molecular weight is 279 g/mol. The molecule has 0 spiro atoms. The maximum Gasteiger partial charge on any atom is 0.107 e. The van der Waals surface area contributed by atoms with Crippen LogP contribution in [0.3, 0.4) is 0 Å². The van der Waals surface area contributed by atoms with E-state index in [-0.39, 0.29) is 0 Å². The minimum Gasteiger partial charge on any atom is -0.296 e. The predicted molar refractivity (Wildman–Crippen MR) is 76.2 cm³/mol. The summed E-state index contributed by atoms with van der Waals surface area (Å²) in [5, 5.41) is 4.60. The van der Waals surface area contributed by atoms with Crippen LogP contribution in [-0.2, 0) is 6.54 Å². The number of likely N-dealkylation sites (tertiary alicyclic amines) is 1. The molecule has 0 aromatic carbocycles. The molecule has 1 atom stereocenters. The maximum atomic E-state index is 4.55. The molecule has 0 aliphatic carbocycles. The molecule has 1 saturated heterocycles. The first-order valence-electron chi connectivity index (χ1n) is 6.34. The van der Waals surface area contributed by atoms with Crippen LogP contribution >= 0.6 is 22.7 Å². The van der Waals surface area contributed by atoms with Crippen LogP contribution < -0.4 is 0 Å². The molecular weight excluding hydrogens is 262 g/mol. The molecule has 0 N–H and O–H groups in total. The molecule has 96 valence electrons. The summed E-state index contributed by atoms with van der Waals surface area (Å²) in [6.07, 6.45) is 6.45. The van der Waals surface area contributed by atoms with Crippen LogP contribution in [-0.4, -0.2) is 28.0 Å². The Morgan fingerprint density at radius 2 is 2.39 bits per heavy atom. The fourth-order valence-corrected chi connectivity index (χ4v) is 4.04. The van der Waals surface area contributed by atoms with E-state index in [0.717, 1.165) is 13.1 Å². The van der Waals surface area contributed by atoms with Gasteiger partial charge in [0.1, 0.15) is 5.01 Å². The van der Waals surface area contributed by atoms with E-state index in [1.165, 1.54) is 34.3 Å². The zero-order valence-corrected chi connectivity index (χ0v) is 12.1. The Balaban J connectivity index is 1.65. The van der Waals surface area contributed by atoms with Gasteiger partial charge in [-0.3, -0.25) is 4.90 Å². The van der Waals surface area contributed by atoms with Crippen LogP contribution in [0.15, 0.2) is 17.8 Å². The van der Waals surface area contributed by atoms with E-state index in [9.17, 15) is 0 Å². The molecule has 3 nitrogen and oxygen atoms in total. The highest BCUT2D eigenvalue weighted by Gasteiger charge is 2.23. The second kappa shape index (κ2) is 5.47. The Hall–Kier alpha value is -0.780. The number of aromatic nitrogens is 2. The summed E-state index contributed by atoms with van der Waals surface area (Å²) in [7, 11) is 0. The van der Waals surface area contributed by atoms with E-state index < -0.39 is 0 Å². The first kappa shape index (κ1) is 12.3. The van der Waals surface area contributed by atoms with E-state index in [1.54, 1.807) is 11.3 Å². The third kappa shape index (κ3) is 2.79. The Bertz CT molecular complexity index is 492. The quantitative estimate of drug-likeness (QED) is 0.863. The summed E-state index contributed by atoms with van der Waals surface area (Å²) in [5.74, 6) is 0.623. The maximum absolute atomic E-state index is 4.55. The van der Waals surface area contributed by atoms with Crippen LogP contribution in [0.25, 0.3) is 0 Å². The third-order valence-electron chi connectivity index (χ3n) is 3.34. The molecule has 3 heterocycles. The lowest BCUT2D eigenvalue weighted by molar-refractivity contribution is 0.200. The summed E-state index contributed by atoms with van der Waals surface area (Å²) in [5.41, 5.74) is 0. The standard InChI is InChI=1S/C13H17N3S2/c1-10-7-15-13(18-10)11-3-2-5-16(8-11)9-12-14-4-6-17-12/h4,6-7,11H,2-3,5,8-9H2,1H3/t11-/m0/s1. The molecule has 0 unspecified atom stereocenters. The van der Waals surface area contributed by atoms with Crippen LogP contribution in [0.2, 0.25) is 0 Å². The third-order valence-corrected chi connectivity index (χ3v) is 5.18. The van der Waals surface area contributed by atoms with Crippen molar-refractivity contribution in [2.45, 2.75) is 32.2 Å². The number of nitrogens with zero attached hydrogens (tertiary/aromatic N) is 3. The number of piperidine rings is 1. The summed E-state index contributed by atoms with van der Waals surface area (Å²) < 4.78 is 0. The van der Waals surface area contributed by atoms with Gasteiger partial charge in [0.2, 0.25) is 0 Å². The number of thiazole rings is 2. The molecule has 3 rings (SSSR count). The summed E-state index contributed by atoms with van der Waals surface area (Å²) in [4.78, 5) is 12.8. The lowest BCUT2D eigenvalue weighted by Crippen LogP contribution is -2.33. The van der Waals surface area contributed by atoms with Gasteiger partial charge in [-0.05, 0) is 26.3 Å². The Labute approximate surface area is 116 Å². The van der Waals surface area contributed by atoms with Gasteiger partial charge in [0.05, 0.1) is 11.6 Å². The molecule has 0 saturated carbocycles. The lowest BCUT2D eigenvalue weighted by Gasteiger charge is -2.31. The predicted octanol–water partition coefficient (Wildman–Crippen LogP) is 3.29. The normalized spacial score (nSPS) is 21.3. The lowest BCUT2D eigenvalue weighted by atomic mass is 9.99. The molecule has 2 aromatic rings. The van der Waals surface area contributed by atoms with Gasteiger partial charge in [0.25, 0.3) is 0 Å². The van der Waals surface area contributed by atoms with Crippen molar-refractivity contribution >= 4 is 22.7 Å². The monoisotopic (exact) mass is 279 g/mol. The Morgan fingerprint density at radius 1 is 1.44 bits per heavy atom. The molecule has 2 aromatic heterocycles. The van der Waals surface area contributed by atoms with Crippen molar-refractivity contribution in [1.29, 1.82) is 0 Å². The van der Waals surface area contributed by atoms with Crippen molar-refractivity contribution in [3.8, 4) is 0 Å². The van der Waals surface area contributed by atoms with Crippen molar-refractivity contribution in [3.05, 3.63) is 32.7 Å². The molecule has 1 fully saturated rings. The molecule has 1 aliphatic rings. The van der Waals surface area contributed by atoms with Crippen molar-refractivity contribution < 1.29 is 0 Å². The van der Waals surface area contributed by atoms with E-state index >= 15 is 0 Å². The Morgan fingerprint density at radius 3 is 3.11 bits per heavy atom. The van der Waals surface area contributed by atoms with Gasteiger partial charge >= 0.3 is 0 Å². The van der Waals surface area contributed by atoms with Gasteiger partial charge in [-0.2, -0.15) is 0 Å². The first-order chi connectivity index (χ1) is 8.81. The molecular formula is C13H17N3S2. The van der Waals surface area contributed by atoms with Gasteiger partial charge in [-0.25, -0.2) is 9.97 Å². The zero-order valence-electron chi connectivity index (χ0n) is 10.5. The Kier molecular flexibility index (Phi) is 3.72. The van der Waals surface area contributed by atoms with Crippen LogP contribution in [0.5, 0.6) is 0 Å². The molecule has 5 heteroatoms. The summed E-state index contributed by atoms with van der Waals surface area (Å²) in [6, 6.07) is 0. The zero-order chi connectivity index (χ0) is 12.4. The highest BCUT2D eigenvalue weighted by molar-refractivity contribution is 7.11. The molecule has 18 heavy (non-hydrogen) atoms. The van der Waals surface area contributed by atoms with Crippen molar-refractivity contribution in [1.82, 2.24) is 14.9 Å². The minimum atomic E-state index is 0.623. The number of hydrogen-bond donors (Lipinski definition) is 0. The topological polar surface area (TPSA) is 29.0 Å². The molecule has 0 bridgehead atoms. The number of rotatable bonds is 3. The van der Waals surface area contributed by atoms with Crippen LogP contribution in [0, 0.1) is 6.92 Å². The minimum absolute atomic E-state index is 0.623. The van der Waals surface area contributed by atoms with Crippen molar-refractivity contribution in [2.24, 2.45) is 0 Å². The van der Waals surface area contributed by atoms with Gasteiger partial charge in [0.15, 0.2) is 0 Å². The van der Waals surface area contributed by atoms with E-state index in [0.29, 0.717) is 5.92 Å². The highest BCUT2D eigenvalue weighted by Crippen LogP contribution is 2.30. The molecule has 1 aliphatic heterocycles. The fraction of sp³-hybridized carbons (Fsp3) is 0.538. The summed E-state index contributed by atoms with van der Waals surface area (Å²) in [6.45, 7) is 5.46. The largest absolute Gasteiger partial charge is 0.296 e. The molecule has 0 amide bonds. The number of aryl methyl sites for hydroxylation is 1. The van der Waals surface area contributed by atoms with Crippen molar-refractivity contribution in [2.75, 3.05) is 13.1 Å². The van der Waals surface area contributed by atoms with Gasteiger partial charge in [-0.15, -0.1) is 22.7 Å². The van der Waals surface area contributed by atoms with Crippen molar-refractivity contribution in [3.63, 3.8) is 0 Å². The van der Waals surface area contributed by atoms with E-state index in [1.807, 2.05) is 23.7 Å². The summed E-state index contributed by atoms with van der Waals surface area (Å²) >= 11 is 3.61. The second-order valence-electron chi connectivity index (χ2n) is 4.81. The van der Waals surface area contributed by atoms with Crippen LogP contribution in [0.1, 0.15) is 33.7 Å². The average Bonchev–Trinajstić information content (AvgIpc) is 3.01. The van der Waals surface area contributed by atoms with Crippen LogP contribution in [0.4, 0.5) is 0 Å². The van der Waals surface area contributed by atoms with Gasteiger partial charge in [-0.1, -0.05) is 0 Å². The van der Waals surface area contributed by atoms with E-state index in [2.05, 4.69) is 27.2 Å². The van der Waals surface area contributed by atoms with Gasteiger partial charge in [0, 0.05) is 35.1 Å². The van der Waals surface area contributed by atoms with Gasteiger partial charge < -0.3 is 0 Å². The smallest absolute Gasteiger partial charge is 0.107 e. The van der Waals surface area contributed by atoms with E-state index in [4.69, 9.17) is 0 Å². The fourth-order valence-electron chi connectivity index (χ4n) is 2.48. The molecule has 0 radical (unpaired) electrons. The number of hydrogen-bond acceptors (Lipinski definition) is 5. The SMILES string of the molecule is Cc1cnc([C@H]2CCCN(Cc3nccs3)C2)s1.